The summed E-state index contributed by atoms with van der Waals surface area (Å²) in [6, 6.07) is 6.09. The summed E-state index contributed by atoms with van der Waals surface area (Å²) in [6.45, 7) is 5.99. The first-order valence-electron chi connectivity index (χ1n) is 6.42. The molecule has 5 nitrogen and oxygen atoms in total. The molecule has 20 heavy (non-hydrogen) atoms. The fourth-order valence-corrected chi connectivity index (χ4v) is 2.17. The molecular formula is C14H18BrN5. The van der Waals surface area contributed by atoms with E-state index in [-0.39, 0.29) is 0 Å². The SMILES string of the molecule is CCc1nc(NN)c(C)c(Nc2ccc(C)c(Br)c2)n1. The maximum Gasteiger partial charge on any atom is 0.148 e. The molecule has 0 aliphatic carbocycles. The van der Waals surface area contributed by atoms with Crippen molar-refractivity contribution >= 4 is 33.3 Å². The Kier molecular flexibility index (Phi) is 4.57. The number of nitrogens with zero attached hydrogens (tertiary/aromatic N) is 2. The second-order valence-electron chi connectivity index (χ2n) is 4.55. The van der Waals surface area contributed by atoms with E-state index in [1.54, 1.807) is 0 Å². The number of hydrogen-bond acceptors (Lipinski definition) is 5. The molecule has 0 saturated carbocycles. The van der Waals surface area contributed by atoms with Crippen molar-refractivity contribution in [2.45, 2.75) is 27.2 Å². The van der Waals surface area contributed by atoms with Gasteiger partial charge in [0.1, 0.15) is 17.5 Å². The lowest BCUT2D eigenvalue weighted by Crippen LogP contribution is -2.13. The first-order chi connectivity index (χ1) is 9.55. The van der Waals surface area contributed by atoms with E-state index >= 15 is 0 Å². The van der Waals surface area contributed by atoms with Crippen LogP contribution in [0, 0.1) is 13.8 Å². The number of nitrogen functional groups attached to an aromatic ring is 1. The summed E-state index contributed by atoms with van der Waals surface area (Å²) < 4.78 is 1.06. The number of benzene rings is 1. The molecule has 0 aliphatic rings. The van der Waals surface area contributed by atoms with E-state index in [0.717, 1.165) is 33.8 Å². The highest BCUT2D eigenvalue weighted by Gasteiger charge is 2.10. The summed E-state index contributed by atoms with van der Waals surface area (Å²) in [4.78, 5) is 8.86. The smallest absolute Gasteiger partial charge is 0.148 e. The van der Waals surface area contributed by atoms with E-state index in [1.807, 2.05) is 32.0 Å². The number of nitrogens with two attached hydrogens (primary N) is 1. The number of aromatic nitrogens is 2. The van der Waals surface area contributed by atoms with Gasteiger partial charge in [0, 0.05) is 22.1 Å². The van der Waals surface area contributed by atoms with Crippen molar-refractivity contribution in [2.75, 3.05) is 10.7 Å². The standard InChI is InChI=1S/C14H18BrN5/c1-4-12-18-13(9(3)14(19-12)20-16)17-10-6-5-8(2)11(15)7-10/h5-7H,4,16H2,1-3H3,(H2,17,18,19,20). The van der Waals surface area contributed by atoms with Gasteiger partial charge in [0.2, 0.25) is 0 Å². The van der Waals surface area contributed by atoms with Gasteiger partial charge in [-0.25, -0.2) is 15.8 Å². The van der Waals surface area contributed by atoms with Gasteiger partial charge in [-0.3, -0.25) is 0 Å². The molecule has 2 aromatic rings. The predicted molar refractivity (Wildman–Crippen MR) is 86.1 cm³/mol. The number of hydrogen-bond donors (Lipinski definition) is 3. The number of nitrogens with one attached hydrogen (secondary N) is 2. The molecule has 4 N–H and O–H groups in total. The topological polar surface area (TPSA) is 75.9 Å². The quantitative estimate of drug-likeness (QED) is 0.589. The van der Waals surface area contributed by atoms with E-state index in [2.05, 4.69) is 43.6 Å². The third-order valence-corrected chi connectivity index (χ3v) is 3.93. The molecule has 0 fully saturated rings. The monoisotopic (exact) mass is 335 g/mol. The lowest BCUT2D eigenvalue weighted by molar-refractivity contribution is 0.932. The van der Waals surface area contributed by atoms with Crippen molar-refractivity contribution in [3.8, 4) is 0 Å². The second-order valence-corrected chi connectivity index (χ2v) is 5.40. The molecule has 0 aliphatic heterocycles. The molecule has 0 spiro atoms. The average molecular weight is 336 g/mol. The number of halogens is 1. The predicted octanol–water partition coefficient (Wildman–Crippen LogP) is 3.45. The molecule has 6 heteroatoms. The van der Waals surface area contributed by atoms with Crippen LogP contribution >= 0.6 is 15.9 Å². The molecule has 0 atom stereocenters. The van der Waals surface area contributed by atoms with Gasteiger partial charge in [-0.1, -0.05) is 28.9 Å². The van der Waals surface area contributed by atoms with Gasteiger partial charge < -0.3 is 10.7 Å². The third-order valence-electron chi connectivity index (χ3n) is 3.08. The molecule has 0 saturated heterocycles. The molecule has 0 radical (unpaired) electrons. The van der Waals surface area contributed by atoms with Gasteiger partial charge in [0.15, 0.2) is 0 Å². The molecular weight excluding hydrogens is 318 g/mol. The van der Waals surface area contributed by atoms with Gasteiger partial charge in [-0.2, -0.15) is 0 Å². The van der Waals surface area contributed by atoms with Crippen molar-refractivity contribution in [3.05, 3.63) is 39.6 Å². The molecule has 0 unspecified atom stereocenters. The highest BCUT2D eigenvalue weighted by Crippen LogP contribution is 2.26. The molecule has 0 amide bonds. The maximum absolute atomic E-state index is 5.50. The van der Waals surface area contributed by atoms with Gasteiger partial charge in [-0.05, 0) is 31.5 Å². The summed E-state index contributed by atoms with van der Waals surface area (Å²) in [5.41, 5.74) is 5.66. The maximum atomic E-state index is 5.50. The Morgan fingerprint density at radius 2 is 1.90 bits per heavy atom. The summed E-state index contributed by atoms with van der Waals surface area (Å²) >= 11 is 3.53. The van der Waals surface area contributed by atoms with Gasteiger partial charge in [-0.15, -0.1) is 0 Å². The molecule has 1 aromatic carbocycles. The normalized spacial score (nSPS) is 10.4. The van der Waals surface area contributed by atoms with Crippen LogP contribution in [0.4, 0.5) is 17.3 Å². The number of hydrazine groups is 1. The van der Waals surface area contributed by atoms with E-state index in [0.29, 0.717) is 5.82 Å². The Morgan fingerprint density at radius 3 is 2.50 bits per heavy atom. The minimum absolute atomic E-state index is 0.644. The van der Waals surface area contributed by atoms with Crippen molar-refractivity contribution in [2.24, 2.45) is 5.84 Å². The van der Waals surface area contributed by atoms with E-state index < -0.39 is 0 Å². The van der Waals surface area contributed by atoms with Crippen LogP contribution in [-0.4, -0.2) is 9.97 Å². The highest BCUT2D eigenvalue weighted by atomic mass is 79.9. The molecule has 1 aromatic heterocycles. The van der Waals surface area contributed by atoms with E-state index in [4.69, 9.17) is 5.84 Å². The van der Waals surface area contributed by atoms with Gasteiger partial charge >= 0.3 is 0 Å². The highest BCUT2D eigenvalue weighted by molar-refractivity contribution is 9.10. The van der Waals surface area contributed by atoms with Crippen molar-refractivity contribution in [3.63, 3.8) is 0 Å². The number of aryl methyl sites for hydroxylation is 2. The lowest BCUT2D eigenvalue weighted by atomic mass is 10.2. The summed E-state index contributed by atoms with van der Waals surface area (Å²) in [6.07, 6.45) is 0.751. The Balaban J connectivity index is 2.39. The molecule has 2 rings (SSSR count). The fourth-order valence-electron chi connectivity index (χ4n) is 1.79. The Morgan fingerprint density at radius 1 is 1.20 bits per heavy atom. The summed E-state index contributed by atoms with van der Waals surface area (Å²) in [7, 11) is 0. The van der Waals surface area contributed by atoms with E-state index in [1.165, 1.54) is 5.56 Å². The van der Waals surface area contributed by atoms with Crippen LogP contribution < -0.4 is 16.6 Å². The molecule has 106 valence electrons. The number of rotatable bonds is 4. The van der Waals surface area contributed by atoms with Crippen LogP contribution in [0.1, 0.15) is 23.9 Å². The van der Waals surface area contributed by atoms with Crippen molar-refractivity contribution in [1.29, 1.82) is 0 Å². The second kappa shape index (κ2) is 6.19. The molecule has 0 bridgehead atoms. The van der Waals surface area contributed by atoms with Crippen LogP contribution in [-0.2, 0) is 6.42 Å². The zero-order valence-electron chi connectivity index (χ0n) is 11.8. The minimum atomic E-state index is 0.644. The zero-order chi connectivity index (χ0) is 14.7. The summed E-state index contributed by atoms with van der Waals surface area (Å²) in [5, 5.41) is 3.31. The first-order valence-corrected chi connectivity index (χ1v) is 7.21. The van der Waals surface area contributed by atoms with Crippen molar-refractivity contribution in [1.82, 2.24) is 9.97 Å². The summed E-state index contributed by atoms with van der Waals surface area (Å²) in [5.74, 6) is 7.66. The molecule has 1 heterocycles. The third kappa shape index (κ3) is 3.08. The Hall–Kier alpha value is -1.66. The number of anilines is 3. The zero-order valence-corrected chi connectivity index (χ0v) is 13.4. The van der Waals surface area contributed by atoms with Crippen LogP contribution in [0.5, 0.6) is 0 Å². The van der Waals surface area contributed by atoms with Crippen LogP contribution in [0.2, 0.25) is 0 Å². The van der Waals surface area contributed by atoms with E-state index in [9.17, 15) is 0 Å². The van der Waals surface area contributed by atoms with Crippen LogP contribution in [0.25, 0.3) is 0 Å². The van der Waals surface area contributed by atoms with Crippen molar-refractivity contribution < 1.29 is 0 Å². The van der Waals surface area contributed by atoms with Gasteiger partial charge in [0.25, 0.3) is 0 Å². The Bertz CT molecular complexity index is 627. The average Bonchev–Trinajstić information content (AvgIpc) is 2.45. The van der Waals surface area contributed by atoms with Gasteiger partial charge in [0.05, 0.1) is 0 Å². The fraction of sp³-hybridized carbons (Fsp3) is 0.286. The van der Waals surface area contributed by atoms with Crippen LogP contribution in [0.3, 0.4) is 0 Å². The minimum Gasteiger partial charge on any atom is -0.340 e. The first kappa shape index (κ1) is 14.7. The lowest BCUT2D eigenvalue weighted by Gasteiger charge is -2.13. The Labute approximate surface area is 127 Å². The largest absolute Gasteiger partial charge is 0.340 e. The van der Waals surface area contributed by atoms with Crippen LogP contribution in [0.15, 0.2) is 22.7 Å².